The Labute approximate surface area is 129 Å². The third-order valence-electron chi connectivity index (χ3n) is 3.13. The fourth-order valence-electron chi connectivity index (χ4n) is 2.09. The van der Waals surface area contributed by atoms with Gasteiger partial charge >= 0.3 is 0 Å². The Kier molecular flexibility index (Phi) is 7.42. The molecule has 3 N–H and O–H groups in total. The standard InChI is InChI=1S/C14H19FN2O3.ClH/c15-10-2-1-3-11(8-10)19-7-6-17-14(18)13-5-4-12(9-16)20-13;/h1-3,8,12-13H,4-7,9,16H2,(H,17,18);1H/t12-,13+;/m1./s1. The summed E-state index contributed by atoms with van der Waals surface area (Å²) < 4.78 is 23.7. The molecule has 0 aliphatic carbocycles. The SMILES string of the molecule is Cl.NC[C@H]1CC[C@@H](C(=O)NCCOc2cccc(F)c2)O1. The molecule has 5 nitrogen and oxygen atoms in total. The monoisotopic (exact) mass is 318 g/mol. The zero-order valence-corrected chi connectivity index (χ0v) is 12.4. The van der Waals surface area contributed by atoms with Crippen molar-refractivity contribution >= 4 is 18.3 Å². The van der Waals surface area contributed by atoms with Crippen LogP contribution in [0.25, 0.3) is 0 Å². The van der Waals surface area contributed by atoms with Gasteiger partial charge in [0.15, 0.2) is 0 Å². The molecule has 1 aromatic rings. The Balaban J connectivity index is 0.00000220. The van der Waals surface area contributed by atoms with E-state index in [4.69, 9.17) is 15.2 Å². The normalized spacial score (nSPS) is 20.7. The fraction of sp³-hybridized carbons (Fsp3) is 0.500. The molecule has 1 fully saturated rings. The molecule has 118 valence electrons. The van der Waals surface area contributed by atoms with E-state index >= 15 is 0 Å². The van der Waals surface area contributed by atoms with Gasteiger partial charge in [-0.15, -0.1) is 12.4 Å². The Morgan fingerprint density at radius 3 is 2.95 bits per heavy atom. The lowest BCUT2D eigenvalue weighted by Gasteiger charge is -2.13. The molecule has 0 radical (unpaired) electrons. The van der Waals surface area contributed by atoms with Gasteiger partial charge in [-0.1, -0.05) is 6.07 Å². The van der Waals surface area contributed by atoms with E-state index in [1.807, 2.05) is 0 Å². The van der Waals surface area contributed by atoms with E-state index in [1.165, 1.54) is 12.1 Å². The molecule has 0 bridgehead atoms. The van der Waals surface area contributed by atoms with Gasteiger partial charge in [-0.2, -0.15) is 0 Å². The highest BCUT2D eigenvalue weighted by molar-refractivity contribution is 5.85. The van der Waals surface area contributed by atoms with Gasteiger partial charge in [0.2, 0.25) is 5.91 Å². The zero-order chi connectivity index (χ0) is 14.4. The van der Waals surface area contributed by atoms with Crippen molar-refractivity contribution in [3.8, 4) is 5.75 Å². The number of nitrogens with one attached hydrogen (secondary N) is 1. The lowest BCUT2D eigenvalue weighted by atomic mass is 10.2. The van der Waals surface area contributed by atoms with E-state index in [-0.39, 0.29) is 36.8 Å². The topological polar surface area (TPSA) is 73.6 Å². The summed E-state index contributed by atoms with van der Waals surface area (Å²) in [5.41, 5.74) is 5.49. The van der Waals surface area contributed by atoms with Crippen LogP contribution >= 0.6 is 12.4 Å². The van der Waals surface area contributed by atoms with E-state index in [9.17, 15) is 9.18 Å². The van der Waals surface area contributed by atoms with Crippen LogP contribution in [0.1, 0.15) is 12.8 Å². The quantitative estimate of drug-likeness (QED) is 0.774. The first-order valence-electron chi connectivity index (χ1n) is 6.70. The average Bonchev–Trinajstić information content (AvgIpc) is 2.92. The second-order valence-corrected chi connectivity index (χ2v) is 4.66. The fourth-order valence-corrected chi connectivity index (χ4v) is 2.09. The molecule has 1 aliphatic rings. The minimum atomic E-state index is -0.419. The van der Waals surface area contributed by atoms with Crippen LogP contribution in [-0.2, 0) is 9.53 Å². The van der Waals surface area contributed by atoms with E-state index in [2.05, 4.69) is 5.32 Å². The Bertz CT molecular complexity index is 462. The van der Waals surface area contributed by atoms with E-state index in [1.54, 1.807) is 12.1 Å². The van der Waals surface area contributed by atoms with Gasteiger partial charge in [-0.25, -0.2) is 4.39 Å². The predicted molar refractivity (Wildman–Crippen MR) is 79.1 cm³/mol. The Hall–Kier alpha value is -1.37. The van der Waals surface area contributed by atoms with Crippen LogP contribution in [0.4, 0.5) is 4.39 Å². The summed E-state index contributed by atoms with van der Waals surface area (Å²) in [6.45, 7) is 1.07. The van der Waals surface area contributed by atoms with Crippen LogP contribution < -0.4 is 15.8 Å². The average molecular weight is 319 g/mol. The summed E-state index contributed by atoms with van der Waals surface area (Å²) in [7, 11) is 0. The van der Waals surface area contributed by atoms with Gasteiger partial charge in [0, 0.05) is 12.6 Å². The number of rotatable bonds is 6. The molecule has 0 saturated carbocycles. The van der Waals surface area contributed by atoms with Crippen molar-refractivity contribution in [3.63, 3.8) is 0 Å². The highest BCUT2D eigenvalue weighted by atomic mass is 35.5. The van der Waals surface area contributed by atoms with E-state index in [0.717, 1.165) is 6.42 Å². The number of halogens is 2. The van der Waals surface area contributed by atoms with Crippen LogP contribution in [0.2, 0.25) is 0 Å². The van der Waals surface area contributed by atoms with Crippen molar-refractivity contribution in [2.75, 3.05) is 19.7 Å². The van der Waals surface area contributed by atoms with Crippen molar-refractivity contribution < 1.29 is 18.7 Å². The highest BCUT2D eigenvalue weighted by Crippen LogP contribution is 2.18. The summed E-state index contributed by atoms with van der Waals surface area (Å²) in [4.78, 5) is 11.8. The first kappa shape index (κ1) is 17.7. The second-order valence-electron chi connectivity index (χ2n) is 4.66. The lowest BCUT2D eigenvalue weighted by molar-refractivity contribution is -0.131. The number of hydrogen-bond acceptors (Lipinski definition) is 4. The third kappa shape index (κ3) is 5.49. The molecule has 0 unspecified atom stereocenters. The van der Waals surface area contributed by atoms with Crippen LogP contribution in [-0.4, -0.2) is 37.8 Å². The maximum Gasteiger partial charge on any atom is 0.249 e. The summed E-state index contributed by atoms with van der Waals surface area (Å²) >= 11 is 0. The number of carbonyl (C=O) groups is 1. The van der Waals surface area contributed by atoms with Crippen molar-refractivity contribution in [2.45, 2.75) is 25.0 Å². The first-order chi connectivity index (χ1) is 9.69. The van der Waals surface area contributed by atoms with Crippen molar-refractivity contribution in [1.29, 1.82) is 0 Å². The number of carbonyl (C=O) groups excluding carboxylic acids is 1. The van der Waals surface area contributed by atoms with Gasteiger partial charge < -0.3 is 20.5 Å². The van der Waals surface area contributed by atoms with Crippen LogP contribution in [0.15, 0.2) is 24.3 Å². The molecule has 1 amide bonds. The largest absolute Gasteiger partial charge is 0.492 e. The summed E-state index contributed by atoms with van der Waals surface area (Å²) in [6.07, 6.45) is 1.07. The van der Waals surface area contributed by atoms with Gasteiger partial charge in [0.25, 0.3) is 0 Å². The number of nitrogens with two attached hydrogens (primary N) is 1. The van der Waals surface area contributed by atoms with Crippen LogP contribution in [0.3, 0.4) is 0 Å². The number of hydrogen-bond donors (Lipinski definition) is 2. The smallest absolute Gasteiger partial charge is 0.249 e. The third-order valence-corrected chi connectivity index (χ3v) is 3.13. The van der Waals surface area contributed by atoms with E-state index in [0.29, 0.717) is 25.3 Å². The Morgan fingerprint density at radius 2 is 2.29 bits per heavy atom. The number of ether oxygens (including phenoxy) is 2. The summed E-state index contributed by atoms with van der Waals surface area (Å²) in [5.74, 6) is -0.0536. The maximum absolute atomic E-state index is 12.9. The second kappa shape index (κ2) is 8.81. The van der Waals surface area contributed by atoms with Crippen molar-refractivity contribution in [1.82, 2.24) is 5.32 Å². The van der Waals surface area contributed by atoms with Gasteiger partial charge in [-0.3, -0.25) is 4.79 Å². The maximum atomic E-state index is 12.9. The molecule has 2 atom stereocenters. The molecular weight excluding hydrogens is 299 g/mol. The van der Waals surface area contributed by atoms with Crippen molar-refractivity contribution in [2.24, 2.45) is 5.73 Å². The summed E-state index contributed by atoms with van der Waals surface area (Å²) in [6, 6.07) is 5.88. The first-order valence-corrected chi connectivity index (χ1v) is 6.70. The molecule has 7 heteroatoms. The molecule has 1 saturated heterocycles. The predicted octanol–water partition coefficient (Wildman–Crippen LogP) is 1.25. The minimum Gasteiger partial charge on any atom is -0.492 e. The van der Waals surface area contributed by atoms with Gasteiger partial charge in [-0.05, 0) is 25.0 Å². The number of benzene rings is 1. The van der Waals surface area contributed by atoms with Crippen LogP contribution in [0, 0.1) is 5.82 Å². The lowest BCUT2D eigenvalue weighted by Crippen LogP contribution is -2.37. The molecule has 0 spiro atoms. The molecule has 2 rings (SSSR count). The van der Waals surface area contributed by atoms with E-state index < -0.39 is 6.10 Å². The molecule has 21 heavy (non-hydrogen) atoms. The molecule has 1 aliphatic heterocycles. The highest BCUT2D eigenvalue weighted by Gasteiger charge is 2.29. The zero-order valence-electron chi connectivity index (χ0n) is 11.6. The Morgan fingerprint density at radius 1 is 1.48 bits per heavy atom. The molecular formula is C14H20ClFN2O3. The minimum absolute atomic E-state index is 0. The summed E-state index contributed by atoms with van der Waals surface area (Å²) in [5, 5.41) is 2.73. The van der Waals surface area contributed by atoms with Crippen LogP contribution in [0.5, 0.6) is 5.75 Å². The number of amides is 1. The van der Waals surface area contributed by atoms with Gasteiger partial charge in [0.1, 0.15) is 24.3 Å². The molecule has 1 aromatic carbocycles. The molecule has 0 aromatic heterocycles. The van der Waals surface area contributed by atoms with Gasteiger partial charge in [0.05, 0.1) is 12.6 Å². The van der Waals surface area contributed by atoms with Crippen molar-refractivity contribution in [3.05, 3.63) is 30.1 Å². The molecule has 1 heterocycles.